The number of aromatic nitrogens is 7. The summed E-state index contributed by atoms with van der Waals surface area (Å²) < 4.78 is 13.0. The van der Waals surface area contributed by atoms with E-state index in [-0.39, 0.29) is 0 Å². The summed E-state index contributed by atoms with van der Waals surface area (Å²) in [6, 6.07) is 113. The second-order valence-corrected chi connectivity index (χ2v) is 23.9. The monoisotopic (exact) mass is 1160 g/mol. The van der Waals surface area contributed by atoms with Crippen molar-refractivity contribution in [3.8, 4) is 51.0 Å². The summed E-state index contributed by atoms with van der Waals surface area (Å²) in [6.07, 6.45) is 0. The van der Waals surface area contributed by atoms with Crippen LogP contribution in [-0.2, 0) is 13.1 Å². The molecule has 0 aliphatic carbocycles. The summed E-state index contributed by atoms with van der Waals surface area (Å²) in [5.41, 5.74) is 21.1. The molecule has 0 aliphatic rings. The Hall–Kier alpha value is -12.1. The SMILES string of the molecule is c1ccc(-c2cc(-c3c(-n4c5ccccc5c5ccccc54)c(Cn4c5ccccc5c5ccccc54)c(-n4c5ccccc5c5ccccc54)c(Cn4c5ccccc5c5ccccc54)c3-n3c4ccccc4c4ccccc43)nc(-c3ccccc3)n2)cc1. The molecule has 0 aliphatic heterocycles. The zero-order chi connectivity index (χ0) is 59.7. The Balaban J connectivity index is 1.14. The third kappa shape index (κ3) is 7.68. The fraction of sp³-hybridized carbons (Fsp3) is 0.0238. The highest BCUT2D eigenvalue weighted by Crippen LogP contribution is 2.51. The maximum atomic E-state index is 6.07. The lowest BCUT2D eigenvalue weighted by molar-refractivity contribution is 0.816. The highest BCUT2D eigenvalue weighted by Gasteiger charge is 2.35. The molecule has 0 N–H and O–H groups in total. The van der Waals surface area contributed by atoms with E-state index >= 15 is 0 Å². The Bertz CT molecular complexity index is 5570. The summed E-state index contributed by atoms with van der Waals surface area (Å²) in [5.74, 6) is 0.637. The van der Waals surface area contributed by atoms with Gasteiger partial charge in [-0.1, -0.05) is 243 Å². The fourth-order valence-electron chi connectivity index (χ4n) is 15.3. The number of fused-ring (bicyclic) bond motifs is 15. The van der Waals surface area contributed by atoms with Crippen LogP contribution >= 0.6 is 0 Å². The van der Waals surface area contributed by atoms with E-state index in [1.807, 2.05) is 0 Å². The van der Waals surface area contributed by atoms with Gasteiger partial charge in [-0.3, -0.25) is 0 Å². The van der Waals surface area contributed by atoms with Crippen molar-refractivity contribution >= 4 is 109 Å². The average Bonchev–Trinajstić information content (AvgIpc) is 1.65. The summed E-state index contributed by atoms with van der Waals surface area (Å²) in [5, 5.41) is 11.8. The molecule has 13 aromatic carbocycles. The number of para-hydroxylation sites is 10. The minimum absolute atomic E-state index is 0.461. The van der Waals surface area contributed by atoms with Crippen molar-refractivity contribution in [3.05, 3.63) is 321 Å². The Morgan fingerprint density at radius 2 is 0.462 bits per heavy atom. The quantitative estimate of drug-likeness (QED) is 0.137. The van der Waals surface area contributed by atoms with Crippen molar-refractivity contribution in [2.75, 3.05) is 0 Å². The van der Waals surface area contributed by atoms with Crippen molar-refractivity contribution in [2.45, 2.75) is 13.1 Å². The van der Waals surface area contributed by atoms with Gasteiger partial charge in [0.2, 0.25) is 0 Å². The third-order valence-electron chi connectivity index (χ3n) is 19.1. The number of nitrogens with zero attached hydrogens (tertiary/aromatic N) is 7. The molecule has 0 unspecified atom stereocenters. The van der Waals surface area contributed by atoms with Crippen LogP contribution in [0.25, 0.3) is 160 Å². The molecule has 19 aromatic rings. The van der Waals surface area contributed by atoms with Crippen LogP contribution in [0.15, 0.2) is 309 Å². The Kier molecular flexibility index (Phi) is 11.4. The van der Waals surface area contributed by atoms with E-state index in [4.69, 9.17) is 9.97 Å². The number of hydrogen-bond donors (Lipinski definition) is 0. The molecule has 0 radical (unpaired) electrons. The Morgan fingerprint density at radius 1 is 0.220 bits per heavy atom. The topological polar surface area (TPSA) is 50.4 Å². The molecule has 0 bridgehead atoms. The van der Waals surface area contributed by atoms with Gasteiger partial charge in [0.1, 0.15) is 0 Å². The second kappa shape index (κ2) is 20.3. The third-order valence-corrected chi connectivity index (χ3v) is 19.1. The molecule has 7 nitrogen and oxygen atoms in total. The Morgan fingerprint density at radius 3 is 0.780 bits per heavy atom. The van der Waals surface area contributed by atoms with Gasteiger partial charge in [0.05, 0.1) is 74.6 Å². The van der Waals surface area contributed by atoms with Crippen molar-refractivity contribution in [1.29, 1.82) is 0 Å². The van der Waals surface area contributed by atoms with Gasteiger partial charge in [0.15, 0.2) is 5.82 Å². The number of hydrogen-bond acceptors (Lipinski definition) is 2. The van der Waals surface area contributed by atoms with E-state index in [0.717, 1.165) is 133 Å². The first kappa shape index (κ1) is 51.0. The van der Waals surface area contributed by atoms with Crippen LogP contribution in [-0.4, -0.2) is 32.8 Å². The van der Waals surface area contributed by atoms with E-state index in [0.29, 0.717) is 18.9 Å². The minimum Gasteiger partial charge on any atom is -0.336 e. The minimum atomic E-state index is 0.461. The van der Waals surface area contributed by atoms with E-state index in [1.165, 1.54) is 32.3 Å². The van der Waals surface area contributed by atoms with Crippen LogP contribution in [0.5, 0.6) is 0 Å². The van der Waals surface area contributed by atoms with Crippen LogP contribution in [0.1, 0.15) is 11.1 Å². The zero-order valence-corrected chi connectivity index (χ0v) is 49.5. The number of rotatable bonds is 10. The van der Waals surface area contributed by atoms with E-state index in [2.05, 4.69) is 332 Å². The molecular weight excluding hydrogens is 1110 g/mol. The van der Waals surface area contributed by atoms with Crippen molar-refractivity contribution in [2.24, 2.45) is 0 Å². The van der Waals surface area contributed by atoms with Crippen LogP contribution in [0, 0.1) is 0 Å². The molecule has 426 valence electrons. The first-order valence-corrected chi connectivity index (χ1v) is 31.3. The molecule has 6 heterocycles. The first-order chi connectivity index (χ1) is 45.2. The van der Waals surface area contributed by atoms with Crippen molar-refractivity contribution < 1.29 is 0 Å². The van der Waals surface area contributed by atoms with Gasteiger partial charge in [0, 0.05) is 104 Å². The lowest BCUT2D eigenvalue weighted by atomic mass is 9.91. The molecule has 0 spiro atoms. The number of benzene rings is 13. The van der Waals surface area contributed by atoms with Gasteiger partial charge in [-0.05, 0) is 66.7 Å². The van der Waals surface area contributed by atoms with Gasteiger partial charge in [0.25, 0.3) is 0 Å². The summed E-state index contributed by atoms with van der Waals surface area (Å²) >= 11 is 0. The second-order valence-electron chi connectivity index (χ2n) is 23.9. The molecule has 0 saturated carbocycles. The Labute approximate surface area is 523 Å². The van der Waals surface area contributed by atoms with Crippen molar-refractivity contribution in [1.82, 2.24) is 32.8 Å². The van der Waals surface area contributed by atoms with Crippen LogP contribution in [0.4, 0.5) is 0 Å². The molecule has 0 atom stereocenters. The van der Waals surface area contributed by atoms with Crippen LogP contribution in [0.2, 0.25) is 0 Å². The average molecular weight is 1160 g/mol. The standard InChI is InChI=1S/C84H55N7/c1-3-27-54(28-4-1)68-51-69(86-84(85-68)55-29-5-2-6-30-55)80-82(90-76-47-23-13-37-62(76)63-38-14-24-48-77(63)90)66(52-87-70-41-17-7-31-56(70)57-32-8-18-42-71(57)87)81(89-74-45-21-11-35-60(74)61-36-12-22-46-75(61)89)67(53-88-72-43-19-9-33-58(72)59-34-10-20-44-73(59)88)83(80)91-78-49-25-15-39-64(78)65-40-16-26-50-79(65)91/h1-51H,52-53H2. The molecule has 7 heteroatoms. The summed E-state index contributed by atoms with van der Waals surface area (Å²) in [6.45, 7) is 0.923. The van der Waals surface area contributed by atoms with E-state index in [1.54, 1.807) is 0 Å². The summed E-state index contributed by atoms with van der Waals surface area (Å²) in [7, 11) is 0. The molecule has 0 saturated heterocycles. The lowest BCUT2D eigenvalue weighted by Crippen LogP contribution is -2.20. The highest BCUT2D eigenvalue weighted by molar-refractivity contribution is 6.15. The fourth-order valence-corrected chi connectivity index (χ4v) is 15.3. The van der Waals surface area contributed by atoms with Gasteiger partial charge in [-0.15, -0.1) is 0 Å². The zero-order valence-electron chi connectivity index (χ0n) is 49.5. The van der Waals surface area contributed by atoms with Gasteiger partial charge in [-0.25, -0.2) is 9.97 Å². The largest absolute Gasteiger partial charge is 0.336 e. The van der Waals surface area contributed by atoms with Crippen LogP contribution < -0.4 is 0 Å². The molecule has 19 rings (SSSR count). The van der Waals surface area contributed by atoms with E-state index in [9.17, 15) is 0 Å². The molecule has 91 heavy (non-hydrogen) atoms. The molecule has 0 fully saturated rings. The summed E-state index contributed by atoms with van der Waals surface area (Å²) in [4.78, 5) is 11.6. The van der Waals surface area contributed by atoms with Crippen LogP contribution in [0.3, 0.4) is 0 Å². The van der Waals surface area contributed by atoms with Gasteiger partial charge >= 0.3 is 0 Å². The predicted octanol–water partition coefficient (Wildman–Crippen LogP) is 21.1. The first-order valence-electron chi connectivity index (χ1n) is 31.3. The highest BCUT2D eigenvalue weighted by atomic mass is 15.1. The van der Waals surface area contributed by atoms with Crippen molar-refractivity contribution in [3.63, 3.8) is 0 Å². The molecular formula is C84H55N7. The smallest absolute Gasteiger partial charge is 0.160 e. The lowest BCUT2D eigenvalue weighted by Gasteiger charge is -2.31. The maximum Gasteiger partial charge on any atom is 0.160 e. The normalized spacial score (nSPS) is 12.0. The van der Waals surface area contributed by atoms with E-state index < -0.39 is 0 Å². The van der Waals surface area contributed by atoms with Gasteiger partial charge < -0.3 is 22.8 Å². The van der Waals surface area contributed by atoms with Gasteiger partial charge in [-0.2, -0.15) is 0 Å². The maximum absolute atomic E-state index is 6.07. The predicted molar refractivity (Wildman–Crippen MR) is 378 cm³/mol. The molecule has 0 amide bonds. The molecule has 6 aromatic heterocycles.